The molecule has 0 radical (unpaired) electrons. The molecular formula is C10H8ClNO2S. The van der Waals surface area contributed by atoms with E-state index in [0.717, 1.165) is 0 Å². The van der Waals surface area contributed by atoms with Crippen LogP contribution in [0.3, 0.4) is 0 Å². The van der Waals surface area contributed by atoms with E-state index in [1.54, 1.807) is 31.2 Å². The van der Waals surface area contributed by atoms with Gasteiger partial charge in [-0.3, -0.25) is 4.98 Å². The molecule has 78 valence electrons. The van der Waals surface area contributed by atoms with Crippen LogP contribution in [-0.2, 0) is 9.05 Å². The zero-order valence-corrected chi connectivity index (χ0v) is 9.51. The number of fused-ring (bicyclic) bond motifs is 1. The molecule has 1 aromatic heterocycles. The second kappa shape index (κ2) is 3.47. The Hall–Kier alpha value is -1.13. The monoisotopic (exact) mass is 241 g/mol. The number of para-hydroxylation sites is 1. The number of hydrogen-bond donors (Lipinski definition) is 0. The summed E-state index contributed by atoms with van der Waals surface area (Å²) >= 11 is 0. The maximum absolute atomic E-state index is 11.4. The van der Waals surface area contributed by atoms with Crippen molar-refractivity contribution in [2.45, 2.75) is 11.8 Å². The molecule has 0 bridgehead atoms. The average molecular weight is 242 g/mol. The van der Waals surface area contributed by atoms with Gasteiger partial charge in [0.2, 0.25) is 0 Å². The van der Waals surface area contributed by atoms with E-state index in [-0.39, 0.29) is 4.90 Å². The molecule has 0 amide bonds. The Morgan fingerprint density at radius 1 is 1.27 bits per heavy atom. The van der Waals surface area contributed by atoms with E-state index in [1.165, 1.54) is 6.20 Å². The fraction of sp³-hybridized carbons (Fsp3) is 0.100. The zero-order valence-electron chi connectivity index (χ0n) is 7.94. The summed E-state index contributed by atoms with van der Waals surface area (Å²) in [6, 6.07) is 7.01. The van der Waals surface area contributed by atoms with Gasteiger partial charge in [-0.1, -0.05) is 18.2 Å². The lowest BCUT2D eigenvalue weighted by Gasteiger charge is -2.05. The highest BCUT2D eigenvalue weighted by Gasteiger charge is 2.17. The van der Waals surface area contributed by atoms with Crippen LogP contribution in [0, 0.1) is 6.92 Å². The number of aryl methyl sites for hydroxylation is 1. The standard InChI is InChI=1S/C10H8ClNO2S/c1-7-6-12-9-5-3-2-4-8(9)10(7)15(11,13)14/h2-6H,1H3. The van der Waals surface area contributed by atoms with E-state index in [1.807, 2.05) is 0 Å². The summed E-state index contributed by atoms with van der Waals surface area (Å²) < 4.78 is 22.8. The first kappa shape index (κ1) is 10.4. The van der Waals surface area contributed by atoms with E-state index in [9.17, 15) is 8.42 Å². The van der Waals surface area contributed by atoms with Gasteiger partial charge in [0.25, 0.3) is 9.05 Å². The van der Waals surface area contributed by atoms with Gasteiger partial charge < -0.3 is 0 Å². The van der Waals surface area contributed by atoms with Crippen molar-refractivity contribution in [3.8, 4) is 0 Å². The fourth-order valence-corrected chi connectivity index (χ4v) is 3.03. The molecule has 0 atom stereocenters. The Bertz CT molecular complexity index is 622. The molecule has 15 heavy (non-hydrogen) atoms. The van der Waals surface area contributed by atoms with Crippen LogP contribution < -0.4 is 0 Å². The molecule has 3 nitrogen and oxygen atoms in total. The molecule has 0 fully saturated rings. The lowest BCUT2D eigenvalue weighted by Crippen LogP contribution is -1.97. The van der Waals surface area contributed by atoms with Crippen LogP contribution in [0.4, 0.5) is 0 Å². The second-order valence-corrected chi connectivity index (χ2v) is 5.73. The van der Waals surface area contributed by atoms with Gasteiger partial charge in [0.15, 0.2) is 0 Å². The van der Waals surface area contributed by atoms with Crippen LogP contribution in [0.5, 0.6) is 0 Å². The van der Waals surface area contributed by atoms with Crippen LogP contribution in [0.2, 0.25) is 0 Å². The Balaban J connectivity index is 2.99. The molecule has 5 heteroatoms. The van der Waals surface area contributed by atoms with Crippen LogP contribution in [0.25, 0.3) is 10.9 Å². The van der Waals surface area contributed by atoms with Gasteiger partial charge in [0, 0.05) is 22.3 Å². The average Bonchev–Trinajstić information content (AvgIpc) is 2.15. The van der Waals surface area contributed by atoms with Gasteiger partial charge in [-0.15, -0.1) is 0 Å². The van der Waals surface area contributed by atoms with Crippen molar-refractivity contribution >= 4 is 30.6 Å². The minimum atomic E-state index is -3.73. The highest BCUT2D eigenvalue weighted by molar-refractivity contribution is 8.14. The highest BCUT2D eigenvalue weighted by atomic mass is 35.7. The molecule has 0 aliphatic heterocycles. The smallest absolute Gasteiger partial charge is 0.256 e. The van der Waals surface area contributed by atoms with E-state index < -0.39 is 9.05 Å². The quantitative estimate of drug-likeness (QED) is 0.721. The van der Waals surface area contributed by atoms with Gasteiger partial charge >= 0.3 is 0 Å². The number of benzene rings is 1. The summed E-state index contributed by atoms with van der Waals surface area (Å²) in [4.78, 5) is 4.28. The van der Waals surface area contributed by atoms with Gasteiger partial charge in [-0.05, 0) is 18.6 Å². The molecule has 0 spiro atoms. The van der Waals surface area contributed by atoms with Crippen molar-refractivity contribution in [3.05, 3.63) is 36.0 Å². The first-order chi connectivity index (χ1) is 7.00. The van der Waals surface area contributed by atoms with Crippen molar-refractivity contribution in [2.24, 2.45) is 0 Å². The summed E-state index contributed by atoms with van der Waals surface area (Å²) in [6.45, 7) is 1.68. The van der Waals surface area contributed by atoms with Gasteiger partial charge in [0.05, 0.1) is 10.4 Å². The Morgan fingerprint density at radius 2 is 1.93 bits per heavy atom. The lowest BCUT2D eigenvalue weighted by atomic mass is 10.2. The first-order valence-corrected chi connectivity index (χ1v) is 6.60. The number of aromatic nitrogens is 1. The van der Waals surface area contributed by atoms with Gasteiger partial charge in [-0.2, -0.15) is 0 Å². The van der Waals surface area contributed by atoms with Crippen LogP contribution in [0.1, 0.15) is 5.56 Å². The zero-order chi connectivity index (χ0) is 11.1. The third kappa shape index (κ3) is 1.82. The summed E-state index contributed by atoms with van der Waals surface area (Å²) in [6.07, 6.45) is 1.51. The van der Waals surface area contributed by atoms with E-state index in [0.29, 0.717) is 16.5 Å². The van der Waals surface area contributed by atoms with Crippen molar-refractivity contribution in [3.63, 3.8) is 0 Å². The lowest BCUT2D eigenvalue weighted by molar-refractivity contribution is 0.610. The molecule has 1 aromatic carbocycles. The number of nitrogens with zero attached hydrogens (tertiary/aromatic N) is 1. The van der Waals surface area contributed by atoms with Crippen LogP contribution >= 0.6 is 10.7 Å². The summed E-state index contributed by atoms with van der Waals surface area (Å²) in [5.74, 6) is 0. The minimum Gasteiger partial charge on any atom is -0.256 e. The number of hydrogen-bond acceptors (Lipinski definition) is 3. The predicted molar refractivity (Wildman–Crippen MR) is 59.5 cm³/mol. The van der Waals surface area contributed by atoms with Crippen molar-refractivity contribution in [1.82, 2.24) is 4.98 Å². The van der Waals surface area contributed by atoms with E-state index >= 15 is 0 Å². The van der Waals surface area contributed by atoms with Gasteiger partial charge in [0.1, 0.15) is 0 Å². The molecule has 2 aromatic rings. The van der Waals surface area contributed by atoms with Gasteiger partial charge in [-0.25, -0.2) is 8.42 Å². The molecule has 1 heterocycles. The third-order valence-corrected chi connectivity index (χ3v) is 3.64. The van der Waals surface area contributed by atoms with Crippen molar-refractivity contribution < 1.29 is 8.42 Å². The number of rotatable bonds is 1. The summed E-state index contributed by atoms with van der Waals surface area (Å²) in [5, 5.41) is 0.563. The predicted octanol–water partition coefficient (Wildman–Crippen LogP) is 2.47. The Labute approximate surface area is 92.1 Å². The minimum absolute atomic E-state index is 0.148. The molecular weight excluding hydrogens is 234 g/mol. The van der Waals surface area contributed by atoms with E-state index in [2.05, 4.69) is 4.98 Å². The van der Waals surface area contributed by atoms with Crippen molar-refractivity contribution in [2.75, 3.05) is 0 Å². The van der Waals surface area contributed by atoms with Crippen molar-refractivity contribution in [1.29, 1.82) is 0 Å². The normalized spacial score (nSPS) is 11.9. The largest absolute Gasteiger partial charge is 0.262 e. The summed E-state index contributed by atoms with van der Waals surface area (Å²) in [5.41, 5.74) is 1.19. The molecule has 0 aliphatic carbocycles. The maximum atomic E-state index is 11.4. The number of halogens is 1. The van der Waals surface area contributed by atoms with E-state index in [4.69, 9.17) is 10.7 Å². The number of pyridine rings is 1. The second-order valence-electron chi connectivity index (χ2n) is 3.23. The van der Waals surface area contributed by atoms with Crippen LogP contribution in [-0.4, -0.2) is 13.4 Å². The highest BCUT2D eigenvalue weighted by Crippen LogP contribution is 2.27. The Kier molecular flexibility index (Phi) is 2.40. The maximum Gasteiger partial charge on any atom is 0.262 e. The molecule has 0 N–H and O–H groups in total. The third-order valence-electron chi connectivity index (χ3n) is 2.15. The SMILES string of the molecule is Cc1cnc2ccccc2c1S(=O)(=O)Cl. The molecule has 0 aliphatic rings. The molecule has 2 rings (SSSR count). The molecule has 0 saturated heterocycles. The Morgan fingerprint density at radius 3 is 2.60 bits per heavy atom. The first-order valence-electron chi connectivity index (χ1n) is 4.29. The summed E-state index contributed by atoms with van der Waals surface area (Å²) in [7, 11) is 1.66. The van der Waals surface area contributed by atoms with Crippen LogP contribution in [0.15, 0.2) is 35.4 Å². The topological polar surface area (TPSA) is 47.0 Å². The molecule has 0 unspecified atom stereocenters. The fourth-order valence-electron chi connectivity index (χ4n) is 1.54. The molecule has 0 saturated carbocycles.